The molecule has 0 radical (unpaired) electrons. The van der Waals surface area contributed by atoms with Crippen LogP contribution in [0.4, 0.5) is 0 Å². The highest BCUT2D eigenvalue weighted by Gasteiger charge is 1.96. The quantitative estimate of drug-likeness (QED) is 0.230. The molecule has 0 amide bonds. The van der Waals surface area contributed by atoms with E-state index in [-0.39, 0.29) is 0 Å². The average Bonchev–Trinajstić information content (AvgIpc) is 2.38. The lowest BCUT2D eigenvalue weighted by molar-refractivity contribution is 0.584. The van der Waals surface area contributed by atoms with Gasteiger partial charge in [0.1, 0.15) is 0 Å². The van der Waals surface area contributed by atoms with Crippen molar-refractivity contribution in [1.82, 2.24) is 0 Å². The number of allylic oxidation sites excluding steroid dienone is 1. The fourth-order valence-electron chi connectivity index (χ4n) is 2.44. The highest BCUT2D eigenvalue weighted by atomic mass is 14.0. The first kappa shape index (κ1) is 17.7. The molecule has 0 N–H and O–H groups in total. The second kappa shape index (κ2) is 14.8. The number of rotatable bonds is 14. The van der Waals surface area contributed by atoms with Crippen molar-refractivity contribution in [2.45, 2.75) is 104 Å². The molecule has 0 atom stereocenters. The van der Waals surface area contributed by atoms with Crippen LogP contribution in [0.1, 0.15) is 104 Å². The molecule has 0 saturated heterocycles. The maximum Gasteiger partial charge on any atom is -0.0323 e. The van der Waals surface area contributed by atoms with Crippen LogP contribution in [0, 0.1) is 0 Å². The summed E-state index contributed by atoms with van der Waals surface area (Å²) < 4.78 is 0. The Morgan fingerprint density at radius 3 is 1.28 bits per heavy atom. The first-order valence-electron chi connectivity index (χ1n) is 8.47. The molecule has 0 aromatic carbocycles. The predicted octanol–water partition coefficient (Wildman–Crippen LogP) is 7.04. The maximum atomic E-state index is 4.22. The van der Waals surface area contributed by atoms with Crippen LogP contribution < -0.4 is 0 Å². The third-order valence-electron chi connectivity index (χ3n) is 3.77. The Bertz CT molecular complexity index is 151. The van der Waals surface area contributed by atoms with Gasteiger partial charge in [0.05, 0.1) is 0 Å². The van der Waals surface area contributed by atoms with Gasteiger partial charge in [0.2, 0.25) is 0 Å². The fraction of sp³-hybridized carbons (Fsp3) is 0.889. The average molecular weight is 252 g/mol. The second-order valence-corrected chi connectivity index (χ2v) is 5.79. The summed E-state index contributed by atoms with van der Waals surface area (Å²) in [5.74, 6) is 0. The molecule has 0 aliphatic rings. The van der Waals surface area contributed by atoms with Crippen molar-refractivity contribution in [2.24, 2.45) is 0 Å². The molecule has 108 valence electrons. The van der Waals surface area contributed by atoms with Gasteiger partial charge in [-0.25, -0.2) is 0 Å². The van der Waals surface area contributed by atoms with E-state index in [1.54, 1.807) is 0 Å². The molecule has 0 rings (SSSR count). The van der Waals surface area contributed by atoms with Gasteiger partial charge in [0.25, 0.3) is 0 Å². The zero-order chi connectivity index (χ0) is 13.5. The molecular formula is C18H36. The van der Waals surface area contributed by atoms with E-state index in [2.05, 4.69) is 20.4 Å². The molecule has 0 aliphatic carbocycles. The standard InChI is InChI=1S/C18H36/c1-4-6-8-10-12-14-16-18(3)17-15-13-11-9-7-5-2/h3-17H2,1-2H3. The summed E-state index contributed by atoms with van der Waals surface area (Å²) in [6.07, 6.45) is 19.4. The van der Waals surface area contributed by atoms with Crippen molar-refractivity contribution in [3.8, 4) is 0 Å². The summed E-state index contributed by atoms with van der Waals surface area (Å²) in [7, 11) is 0. The van der Waals surface area contributed by atoms with E-state index in [1.165, 1.54) is 95.5 Å². The smallest absolute Gasteiger partial charge is 0.0323 e. The molecule has 0 bridgehead atoms. The molecule has 0 spiro atoms. The number of hydrogen-bond donors (Lipinski definition) is 0. The molecule has 0 saturated carbocycles. The van der Waals surface area contributed by atoms with Gasteiger partial charge < -0.3 is 0 Å². The molecule has 0 heteroatoms. The van der Waals surface area contributed by atoms with Crippen LogP contribution >= 0.6 is 0 Å². The lowest BCUT2D eigenvalue weighted by Crippen LogP contribution is -1.86. The van der Waals surface area contributed by atoms with Crippen LogP contribution in [0.3, 0.4) is 0 Å². The summed E-state index contributed by atoms with van der Waals surface area (Å²) in [5.41, 5.74) is 1.50. The van der Waals surface area contributed by atoms with Crippen LogP contribution in [-0.2, 0) is 0 Å². The SMILES string of the molecule is C=C(CCCCCCCC)CCCCCCCC. The Balaban J connectivity index is 3.12. The normalized spacial score (nSPS) is 10.8. The molecule has 0 heterocycles. The Kier molecular flexibility index (Phi) is 14.6. The van der Waals surface area contributed by atoms with Gasteiger partial charge in [0, 0.05) is 0 Å². The third kappa shape index (κ3) is 13.8. The van der Waals surface area contributed by atoms with E-state index in [9.17, 15) is 0 Å². The van der Waals surface area contributed by atoms with Crippen LogP contribution in [0.2, 0.25) is 0 Å². The van der Waals surface area contributed by atoms with E-state index in [1.807, 2.05) is 0 Å². The molecular weight excluding hydrogens is 216 g/mol. The van der Waals surface area contributed by atoms with Gasteiger partial charge in [-0.3, -0.25) is 0 Å². The minimum atomic E-state index is 1.28. The first-order chi connectivity index (χ1) is 8.81. The van der Waals surface area contributed by atoms with Crippen molar-refractivity contribution < 1.29 is 0 Å². The maximum absolute atomic E-state index is 4.22. The number of hydrogen-bond acceptors (Lipinski definition) is 0. The highest BCUT2D eigenvalue weighted by molar-refractivity contribution is 4.93. The number of unbranched alkanes of at least 4 members (excludes halogenated alkanes) is 10. The molecule has 0 fully saturated rings. The zero-order valence-corrected chi connectivity index (χ0v) is 13.1. The van der Waals surface area contributed by atoms with Crippen LogP contribution in [0.15, 0.2) is 12.2 Å². The van der Waals surface area contributed by atoms with Crippen molar-refractivity contribution in [2.75, 3.05) is 0 Å². The van der Waals surface area contributed by atoms with Crippen molar-refractivity contribution >= 4 is 0 Å². The summed E-state index contributed by atoms with van der Waals surface area (Å²) in [6.45, 7) is 8.78. The zero-order valence-electron chi connectivity index (χ0n) is 13.1. The fourth-order valence-corrected chi connectivity index (χ4v) is 2.44. The molecule has 0 unspecified atom stereocenters. The Morgan fingerprint density at radius 1 is 0.556 bits per heavy atom. The van der Waals surface area contributed by atoms with Crippen LogP contribution in [0.5, 0.6) is 0 Å². The van der Waals surface area contributed by atoms with Crippen molar-refractivity contribution in [3.63, 3.8) is 0 Å². The van der Waals surface area contributed by atoms with E-state index in [4.69, 9.17) is 0 Å². The van der Waals surface area contributed by atoms with E-state index in [0.29, 0.717) is 0 Å². The highest BCUT2D eigenvalue weighted by Crippen LogP contribution is 2.16. The second-order valence-electron chi connectivity index (χ2n) is 5.79. The van der Waals surface area contributed by atoms with Gasteiger partial charge in [-0.1, -0.05) is 90.2 Å². The summed E-state index contributed by atoms with van der Waals surface area (Å²) in [4.78, 5) is 0. The molecule has 18 heavy (non-hydrogen) atoms. The third-order valence-corrected chi connectivity index (χ3v) is 3.77. The molecule has 0 aromatic heterocycles. The van der Waals surface area contributed by atoms with Gasteiger partial charge in [-0.05, 0) is 25.7 Å². The van der Waals surface area contributed by atoms with Gasteiger partial charge >= 0.3 is 0 Å². The van der Waals surface area contributed by atoms with Gasteiger partial charge in [-0.15, -0.1) is 0 Å². The van der Waals surface area contributed by atoms with E-state index >= 15 is 0 Å². The minimum Gasteiger partial charge on any atom is -0.0999 e. The molecule has 0 aromatic rings. The van der Waals surface area contributed by atoms with Crippen LogP contribution in [0.25, 0.3) is 0 Å². The van der Waals surface area contributed by atoms with Crippen molar-refractivity contribution in [1.29, 1.82) is 0 Å². The monoisotopic (exact) mass is 252 g/mol. The summed E-state index contributed by atoms with van der Waals surface area (Å²) in [6, 6.07) is 0. The summed E-state index contributed by atoms with van der Waals surface area (Å²) >= 11 is 0. The summed E-state index contributed by atoms with van der Waals surface area (Å²) in [5, 5.41) is 0. The van der Waals surface area contributed by atoms with Gasteiger partial charge in [-0.2, -0.15) is 0 Å². The lowest BCUT2D eigenvalue weighted by atomic mass is 10.0. The predicted molar refractivity (Wildman–Crippen MR) is 85.1 cm³/mol. The van der Waals surface area contributed by atoms with Crippen LogP contribution in [-0.4, -0.2) is 0 Å². The van der Waals surface area contributed by atoms with E-state index < -0.39 is 0 Å². The minimum absolute atomic E-state index is 1.28. The first-order valence-corrected chi connectivity index (χ1v) is 8.47. The molecule has 0 nitrogen and oxygen atoms in total. The topological polar surface area (TPSA) is 0 Å². The Labute approximate surface area is 116 Å². The Morgan fingerprint density at radius 2 is 0.889 bits per heavy atom. The van der Waals surface area contributed by atoms with Gasteiger partial charge in [0.15, 0.2) is 0 Å². The lowest BCUT2D eigenvalue weighted by Gasteiger charge is -2.06. The van der Waals surface area contributed by atoms with Crippen molar-refractivity contribution in [3.05, 3.63) is 12.2 Å². The Hall–Kier alpha value is -0.260. The van der Waals surface area contributed by atoms with E-state index in [0.717, 1.165) is 0 Å². The molecule has 0 aliphatic heterocycles. The largest absolute Gasteiger partial charge is 0.0999 e.